The predicted octanol–water partition coefficient (Wildman–Crippen LogP) is 1.67. The molecule has 1 rings (SSSR count). The molecule has 1 aromatic rings. The van der Waals surface area contributed by atoms with Gasteiger partial charge < -0.3 is 10.4 Å². The standard InChI is InChI=1S/C12H14FNO3/c1-8(12(16)17)6-7-14-11(15)9-4-2-3-5-10(9)13/h2-5,8H,6-7H2,1H3,(H,14,15)(H,16,17). The van der Waals surface area contributed by atoms with Gasteiger partial charge in [0.15, 0.2) is 0 Å². The Balaban J connectivity index is 2.46. The van der Waals surface area contributed by atoms with Crippen LogP contribution in [0.3, 0.4) is 0 Å². The third-order valence-corrected chi connectivity index (χ3v) is 2.40. The van der Waals surface area contributed by atoms with Crippen LogP contribution in [0.15, 0.2) is 24.3 Å². The lowest BCUT2D eigenvalue weighted by molar-refractivity contribution is -0.141. The highest BCUT2D eigenvalue weighted by molar-refractivity contribution is 5.94. The van der Waals surface area contributed by atoms with Gasteiger partial charge in [0.2, 0.25) is 0 Å². The van der Waals surface area contributed by atoms with E-state index in [9.17, 15) is 14.0 Å². The average molecular weight is 239 g/mol. The molecule has 2 N–H and O–H groups in total. The Labute approximate surface area is 98.5 Å². The Morgan fingerprint density at radius 3 is 2.65 bits per heavy atom. The lowest BCUT2D eigenvalue weighted by Gasteiger charge is -2.08. The first-order chi connectivity index (χ1) is 8.02. The van der Waals surface area contributed by atoms with Gasteiger partial charge in [-0.25, -0.2) is 4.39 Å². The molecule has 92 valence electrons. The van der Waals surface area contributed by atoms with Crippen LogP contribution in [0.5, 0.6) is 0 Å². The number of carbonyl (C=O) groups is 2. The van der Waals surface area contributed by atoms with Crippen molar-refractivity contribution < 1.29 is 19.1 Å². The molecule has 0 saturated carbocycles. The number of aliphatic carboxylic acids is 1. The van der Waals surface area contributed by atoms with E-state index < -0.39 is 23.6 Å². The zero-order valence-corrected chi connectivity index (χ0v) is 9.44. The Kier molecular flexibility index (Phi) is 4.63. The molecule has 1 amide bonds. The van der Waals surface area contributed by atoms with Crippen molar-refractivity contribution in [3.8, 4) is 0 Å². The van der Waals surface area contributed by atoms with Crippen LogP contribution >= 0.6 is 0 Å². The molecule has 0 saturated heterocycles. The number of carbonyl (C=O) groups excluding carboxylic acids is 1. The molecule has 0 aliphatic carbocycles. The van der Waals surface area contributed by atoms with E-state index >= 15 is 0 Å². The lowest BCUT2D eigenvalue weighted by Crippen LogP contribution is -2.27. The normalized spacial score (nSPS) is 11.9. The van der Waals surface area contributed by atoms with Gasteiger partial charge in [-0.3, -0.25) is 9.59 Å². The summed E-state index contributed by atoms with van der Waals surface area (Å²) in [6, 6.07) is 5.65. The van der Waals surface area contributed by atoms with Crippen molar-refractivity contribution in [3.05, 3.63) is 35.6 Å². The molecule has 4 nitrogen and oxygen atoms in total. The molecular formula is C12H14FNO3. The first kappa shape index (κ1) is 13.2. The quantitative estimate of drug-likeness (QED) is 0.821. The number of nitrogens with one attached hydrogen (secondary N) is 1. The van der Waals surface area contributed by atoms with Crippen molar-refractivity contribution in [2.75, 3.05) is 6.54 Å². The monoisotopic (exact) mass is 239 g/mol. The maximum absolute atomic E-state index is 13.2. The molecule has 5 heteroatoms. The van der Waals surface area contributed by atoms with E-state index in [1.54, 1.807) is 13.0 Å². The van der Waals surface area contributed by atoms with Gasteiger partial charge >= 0.3 is 5.97 Å². The SMILES string of the molecule is CC(CCNC(=O)c1ccccc1F)C(=O)O. The number of carboxylic acid groups (broad SMARTS) is 1. The molecule has 0 aromatic heterocycles. The second kappa shape index (κ2) is 5.98. The summed E-state index contributed by atoms with van der Waals surface area (Å²) in [4.78, 5) is 22.0. The second-order valence-corrected chi connectivity index (χ2v) is 3.76. The summed E-state index contributed by atoms with van der Waals surface area (Å²) in [7, 11) is 0. The predicted molar refractivity (Wildman–Crippen MR) is 60.2 cm³/mol. The van der Waals surface area contributed by atoms with E-state index in [4.69, 9.17) is 5.11 Å². The Hall–Kier alpha value is -1.91. The van der Waals surface area contributed by atoms with E-state index in [-0.39, 0.29) is 12.1 Å². The minimum Gasteiger partial charge on any atom is -0.481 e. The van der Waals surface area contributed by atoms with Crippen LogP contribution in [0.2, 0.25) is 0 Å². The van der Waals surface area contributed by atoms with Crippen LogP contribution in [0.4, 0.5) is 4.39 Å². The smallest absolute Gasteiger partial charge is 0.306 e. The number of benzene rings is 1. The molecule has 0 fully saturated rings. The average Bonchev–Trinajstić information content (AvgIpc) is 2.29. The summed E-state index contributed by atoms with van der Waals surface area (Å²) in [5.41, 5.74) is -0.0320. The van der Waals surface area contributed by atoms with E-state index in [2.05, 4.69) is 5.32 Å². The maximum atomic E-state index is 13.2. The van der Waals surface area contributed by atoms with Gasteiger partial charge in [-0.05, 0) is 18.6 Å². The molecule has 1 unspecified atom stereocenters. The van der Waals surface area contributed by atoms with Crippen molar-refractivity contribution in [1.29, 1.82) is 0 Å². The summed E-state index contributed by atoms with van der Waals surface area (Å²) in [6.07, 6.45) is 0.315. The van der Waals surface area contributed by atoms with Gasteiger partial charge in [0.05, 0.1) is 11.5 Å². The van der Waals surface area contributed by atoms with E-state index in [0.29, 0.717) is 6.42 Å². The maximum Gasteiger partial charge on any atom is 0.306 e. The van der Waals surface area contributed by atoms with Crippen molar-refractivity contribution in [2.24, 2.45) is 5.92 Å². The number of amides is 1. The molecule has 1 aromatic carbocycles. The minimum absolute atomic E-state index is 0.0320. The number of carboxylic acids is 1. The second-order valence-electron chi connectivity index (χ2n) is 3.76. The first-order valence-electron chi connectivity index (χ1n) is 5.28. The molecule has 0 spiro atoms. The van der Waals surface area contributed by atoms with Crippen LogP contribution in [0.25, 0.3) is 0 Å². The van der Waals surface area contributed by atoms with Gasteiger partial charge in [0.25, 0.3) is 5.91 Å². The van der Waals surface area contributed by atoms with Crippen molar-refractivity contribution in [3.63, 3.8) is 0 Å². The summed E-state index contributed by atoms with van der Waals surface area (Å²) in [5, 5.41) is 11.1. The highest BCUT2D eigenvalue weighted by Crippen LogP contribution is 2.06. The summed E-state index contributed by atoms with van der Waals surface area (Å²) in [5.74, 6) is -2.56. The van der Waals surface area contributed by atoms with E-state index in [1.165, 1.54) is 18.2 Å². The summed E-state index contributed by atoms with van der Waals surface area (Å²) in [6.45, 7) is 1.76. The number of halogens is 1. The molecule has 0 aliphatic heterocycles. The number of rotatable bonds is 5. The number of hydrogen-bond donors (Lipinski definition) is 2. The Bertz CT molecular complexity index is 420. The largest absolute Gasteiger partial charge is 0.481 e. The fourth-order valence-electron chi connectivity index (χ4n) is 1.27. The molecule has 0 heterocycles. The van der Waals surface area contributed by atoms with Gasteiger partial charge in [-0.2, -0.15) is 0 Å². The Morgan fingerprint density at radius 1 is 1.41 bits per heavy atom. The van der Waals surface area contributed by atoms with Gasteiger partial charge in [-0.1, -0.05) is 19.1 Å². The highest BCUT2D eigenvalue weighted by Gasteiger charge is 2.13. The summed E-state index contributed by atoms with van der Waals surface area (Å²) < 4.78 is 13.2. The summed E-state index contributed by atoms with van der Waals surface area (Å²) >= 11 is 0. The molecule has 0 bridgehead atoms. The molecule has 17 heavy (non-hydrogen) atoms. The molecular weight excluding hydrogens is 225 g/mol. The van der Waals surface area contributed by atoms with Gasteiger partial charge in [0.1, 0.15) is 5.82 Å². The Morgan fingerprint density at radius 2 is 2.06 bits per heavy atom. The van der Waals surface area contributed by atoms with Crippen molar-refractivity contribution >= 4 is 11.9 Å². The molecule has 1 atom stereocenters. The van der Waals surface area contributed by atoms with Crippen LogP contribution < -0.4 is 5.32 Å². The van der Waals surface area contributed by atoms with Crippen LogP contribution in [0, 0.1) is 11.7 Å². The highest BCUT2D eigenvalue weighted by atomic mass is 19.1. The van der Waals surface area contributed by atoms with Gasteiger partial charge in [-0.15, -0.1) is 0 Å². The van der Waals surface area contributed by atoms with E-state index in [0.717, 1.165) is 0 Å². The fourth-order valence-corrected chi connectivity index (χ4v) is 1.27. The van der Waals surface area contributed by atoms with Crippen LogP contribution in [0.1, 0.15) is 23.7 Å². The van der Waals surface area contributed by atoms with Crippen LogP contribution in [-0.4, -0.2) is 23.5 Å². The fraction of sp³-hybridized carbons (Fsp3) is 0.333. The van der Waals surface area contributed by atoms with Crippen LogP contribution in [-0.2, 0) is 4.79 Å². The topological polar surface area (TPSA) is 66.4 Å². The van der Waals surface area contributed by atoms with Crippen molar-refractivity contribution in [1.82, 2.24) is 5.32 Å². The molecule has 0 radical (unpaired) electrons. The van der Waals surface area contributed by atoms with Gasteiger partial charge in [0, 0.05) is 6.54 Å². The lowest BCUT2D eigenvalue weighted by atomic mass is 10.1. The van der Waals surface area contributed by atoms with Crippen molar-refractivity contribution in [2.45, 2.75) is 13.3 Å². The third kappa shape index (κ3) is 3.86. The third-order valence-electron chi connectivity index (χ3n) is 2.40. The molecule has 0 aliphatic rings. The minimum atomic E-state index is -0.912. The first-order valence-corrected chi connectivity index (χ1v) is 5.28. The zero-order chi connectivity index (χ0) is 12.8. The van der Waals surface area contributed by atoms with E-state index in [1.807, 2.05) is 0 Å². The number of hydrogen-bond acceptors (Lipinski definition) is 2. The zero-order valence-electron chi connectivity index (χ0n) is 9.44.